The lowest BCUT2D eigenvalue weighted by atomic mass is 9.97. The molecule has 1 saturated carbocycles. The third-order valence-corrected chi connectivity index (χ3v) is 5.48. The molecule has 2 fully saturated rings. The van der Waals surface area contributed by atoms with Crippen LogP contribution >= 0.6 is 0 Å². The summed E-state index contributed by atoms with van der Waals surface area (Å²) in [5.41, 5.74) is 6.22. The number of nitrogens with zero attached hydrogens (tertiary/aromatic N) is 3. The number of rotatable bonds is 9. The summed E-state index contributed by atoms with van der Waals surface area (Å²) in [5.74, 6) is 0.705. The van der Waals surface area contributed by atoms with E-state index in [9.17, 15) is 9.59 Å². The minimum Gasteiger partial charge on any atom is -0.480 e. The number of nitrogens with two attached hydrogens (primary N) is 1. The molecule has 31 heavy (non-hydrogen) atoms. The molecule has 1 unspecified atom stereocenters. The quantitative estimate of drug-likeness (QED) is 0.449. The van der Waals surface area contributed by atoms with Crippen molar-refractivity contribution in [2.75, 3.05) is 44.2 Å². The molecule has 2 atom stereocenters. The number of carbonyl (C=O) groups excluding carboxylic acids is 1. The minimum absolute atomic E-state index is 0.00579. The lowest BCUT2D eigenvalue weighted by Gasteiger charge is -2.36. The topological polar surface area (TPSA) is 109 Å². The van der Waals surface area contributed by atoms with Gasteiger partial charge in [-0.3, -0.25) is 19.5 Å². The molecule has 1 aromatic rings. The second-order valence-electron chi connectivity index (χ2n) is 7.92. The van der Waals surface area contributed by atoms with Crippen molar-refractivity contribution in [3.63, 3.8) is 0 Å². The van der Waals surface area contributed by atoms with Crippen LogP contribution in [0.1, 0.15) is 32.6 Å². The van der Waals surface area contributed by atoms with Gasteiger partial charge in [-0.1, -0.05) is 5.92 Å². The number of hydrogen-bond acceptors (Lipinski definition) is 7. The van der Waals surface area contributed by atoms with Gasteiger partial charge in [-0.25, -0.2) is 0 Å². The number of hydrogen-bond donors (Lipinski definition) is 2. The van der Waals surface area contributed by atoms with Crippen LogP contribution in [0.4, 0.5) is 5.69 Å². The smallest absolute Gasteiger partial charge is 0.320 e. The van der Waals surface area contributed by atoms with Gasteiger partial charge < -0.3 is 20.5 Å². The summed E-state index contributed by atoms with van der Waals surface area (Å²) in [4.78, 5) is 30.7. The Labute approximate surface area is 184 Å². The first-order valence-electron chi connectivity index (χ1n) is 10.9. The van der Waals surface area contributed by atoms with Crippen LogP contribution in [-0.4, -0.2) is 72.3 Å². The molecule has 170 valence electrons. The zero-order chi connectivity index (χ0) is 22.6. The lowest BCUT2D eigenvalue weighted by Crippen LogP contribution is -2.43. The van der Waals surface area contributed by atoms with Crippen LogP contribution in [0.2, 0.25) is 0 Å². The maximum atomic E-state index is 11.8. The Morgan fingerprint density at radius 2 is 2.10 bits per heavy atom. The van der Waals surface area contributed by atoms with Crippen LogP contribution < -0.4 is 10.6 Å². The molecule has 1 saturated heterocycles. The summed E-state index contributed by atoms with van der Waals surface area (Å²) in [5, 5.41) is 8.15. The first kappa shape index (κ1) is 24.6. The molecule has 1 aliphatic carbocycles. The average Bonchev–Trinajstić information content (AvgIpc) is 3.61. The summed E-state index contributed by atoms with van der Waals surface area (Å²) < 4.78 is 5.13. The fraction of sp³-hybridized carbons (Fsp3) is 0.609. The predicted octanol–water partition coefficient (Wildman–Crippen LogP) is 1.60. The second kappa shape index (κ2) is 12.9. The van der Waals surface area contributed by atoms with Gasteiger partial charge in [-0.15, -0.1) is 6.42 Å². The van der Waals surface area contributed by atoms with Crippen LogP contribution in [-0.2, 0) is 14.3 Å². The van der Waals surface area contributed by atoms with E-state index in [-0.39, 0.29) is 12.5 Å². The standard InChI is InChI=1S/C18H27N3O2.C5H7NO2/c1-2-23-18(22)14-21(16-5-6-16)13-15-4-3-11-20(12-15)17-7-9-19-10-8-17;1-2-4(3-6)5(7)8/h7-10,15-16H,2-6,11-14H2,1H3;1,4H,3,6H2,(H,7,8)/t15-;/m1./s1. The van der Waals surface area contributed by atoms with E-state index in [0.717, 1.165) is 19.6 Å². The highest BCUT2D eigenvalue weighted by molar-refractivity contribution is 5.73. The van der Waals surface area contributed by atoms with Crippen LogP contribution in [0.3, 0.4) is 0 Å². The number of terminal acetylenes is 1. The van der Waals surface area contributed by atoms with Gasteiger partial charge >= 0.3 is 11.9 Å². The molecule has 0 aromatic carbocycles. The van der Waals surface area contributed by atoms with Crippen molar-refractivity contribution < 1.29 is 19.4 Å². The lowest BCUT2D eigenvalue weighted by molar-refractivity contribution is -0.144. The van der Waals surface area contributed by atoms with Gasteiger partial charge in [0, 0.05) is 50.3 Å². The molecule has 0 amide bonds. The number of carbonyl (C=O) groups is 2. The van der Waals surface area contributed by atoms with Crippen molar-refractivity contribution in [3.05, 3.63) is 24.5 Å². The minimum atomic E-state index is -1.03. The largest absolute Gasteiger partial charge is 0.480 e. The Balaban J connectivity index is 0.000000366. The van der Waals surface area contributed by atoms with Gasteiger partial charge in [0.05, 0.1) is 13.2 Å². The van der Waals surface area contributed by atoms with Gasteiger partial charge in [0.25, 0.3) is 0 Å². The second-order valence-corrected chi connectivity index (χ2v) is 7.92. The third kappa shape index (κ3) is 8.56. The van der Waals surface area contributed by atoms with Crippen molar-refractivity contribution in [2.45, 2.75) is 38.6 Å². The molecule has 0 radical (unpaired) electrons. The van der Waals surface area contributed by atoms with Gasteiger partial charge in [0.1, 0.15) is 5.92 Å². The molecule has 1 aliphatic heterocycles. The molecule has 2 aliphatic rings. The van der Waals surface area contributed by atoms with Gasteiger partial charge in [-0.05, 0) is 50.7 Å². The molecule has 8 nitrogen and oxygen atoms in total. The third-order valence-electron chi connectivity index (χ3n) is 5.48. The van der Waals surface area contributed by atoms with Crippen LogP contribution in [0, 0.1) is 24.2 Å². The summed E-state index contributed by atoms with van der Waals surface area (Å²) in [7, 11) is 0. The molecule has 2 heterocycles. The maximum absolute atomic E-state index is 11.8. The van der Waals surface area contributed by atoms with Crippen molar-refractivity contribution in [1.82, 2.24) is 9.88 Å². The van der Waals surface area contributed by atoms with Crippen LogP contribution in [0.5, 0.6) is 0 Å². The van der Waals surface area contributed by atoms with Crippen molar-refractivity contribution in [2.24, 2.45) is 17.6 Å². The van der Waals surface area contributed by atoms with E-state index >= 15 is 0 Å². The molecule has 8 heteroatoms. The van der Waals surface area contributed by atoms with Crippen LogP contribution in [0.25, 0.3) is 0 Å². The number of aliphatic carboxylic acids is 1. The van der Waals surface area contributed by atoms with Gasteiger partial charge in [0.15, 0.2) is 0 Å². The number of anilines is 1. The van der Waals surface area contributed by atoms with E-state index in [4.69, 9.17) is 22.0 Å². The summed E-state index contributed by atoms with van der Waals surface area (Å²) in [6.07, 6.45) is 13.4. The van der Waals surface area contributed by atoms with E-state index < -0.39 is 11.9 Å². The highest BCUT2D eigenvalue weighted by Gasteiger charge is 2.33. The zero-order valence-corrected chi connectivity index (χ0v) is 18.3. The predicted molar refractivity (Wildman–Crippen MR) is 119 cm³/mol. The number of ether oxygens (including phenoxy) is 1. The maximum Gasteiger partial charge on any atom is 0.320 e. The number of aromatic nitrogens is 1. The Bertz CT molecular complexity index is 733. The number of carboxylic acid groups (broad SMARTS) is 1. The Morgan fingerprint density at radius 1 is 1.39 bits per heavy atom. The normalized spacial score (nSPS) is 19.0. The monoisotopic (exact) mass is 430 g/mol. The molecule has 1 aromatic heterocycles. The Morgan fingerprint density at radius 3 is 2.61 bits per heavy atom. The van der Waals surface area contributed by atoms with Crippen molar-refractivity contribution in [1.29, 1.82) is 0 Å². The van der Waals surface area contributed by atoms with E-state index in [1.165, 1.54) is 31.4 Å². The number of carboxylic acids is 1. The first-order chi connectivity index (χ1) is 15.0. The molecule has 3 rings (SSSR count). The van der Waals surface area contributed by atoms with E-state index in [2.05, 4.69) is 26.9 Å². The Kier molecular flexibility index (Phi) is 10.3. The fourth-order valence-electron chi connectivity index (χ4n) is 3.73. The SMILES string of the molecule is C#CC(CN)C(=O)O.CCOC(=O)CN(C[C@@H]1CCCN(c2ccncc2)C1)C1CC1. The van der Waals surface area contributed by atoms with E-state index in [1.54, 1.807) is 0 Å². The fourth-order valence-corrected chi connectivity index (χ4v) is 3.73. The molecule has 3 N–H and O–H groups in total. The number of esters is 1. The van der Waals surface area contributed by atoms with Crippen LogP contribution in [0.15, 0.2) is 24.5 Å². The number of pyridine rings is 1. The Hall–Kier alpha value is -2.63. The highest BCUT2D eigenvalue weighted by Crippen LogP contribution is 2.30. The summed E-state index contributed by atoms with van der Waals surface area (Å²) in [6, 6.07) is 4.76. The summed E-state index contributed by atoms with van der Waals surface area (Å²) >= 11 is 0. The van der Waals surface area contributed by atoms with E-state index in [0.29, 0.717) is 25.1 Å². The highest BCUT2D eigenvalue weighted by atomic mass is 16.5. The number of piperidine rings is 1. The average molecular weight is 431 g/mol. The molecular formula is C23H34N4O4. The first-order valence-corrected chi connectivity index (χ1v) is 10.9. The van der Waals surface area contributed by atoms with Crippen molar-refractivity contribution in [3.8, 4) is 12.3 Å². The van der Waals surface area contributed by atoms with Gasteiger partial charge in [0.2, 0.25) is 0 Å². The van der Waals surface area contributed by atoms with E-state index in [1.807, 2.05) is 25.2 Å². The zero-order valence-electron chi connectivity index (χ0n) is 18.3. The molecule has 0 bridgehead atoms. The summed E-state index contributed by atoms with van der Waals surface area (Å²) in [6.45, 7) is 5.97. The van der Waals surface area contributed by atoms with Crippen molar-refractivity contribution >= 4 is 17.6 Å². The van der Waals surface area contributed by atoms with Gasteiger partial charge in [-0.2, -0.15) is 0 Å². The molecular weight excluding hydrogens is 396 g/mol. The molecule has 0 spiro atoms.